The maximum Gasteiger partial charge on any atom is 0.227 e. The molecule has 1 aliphatic heterocycles. The molecular formula is C10H18N2O3S. The van der Waals surface area contributed by atoms with Gasteiger partial charge in [0, 0.05) is 18.7 Å². The van der Waals surface area contributed by atoms with Crippen LogP contribution in [0.25, 0.3) is 0 Å². The highest BCUT2D eigenvalue weighted by atomic mass is 32.2. The first kappa shape index (κ1) is 13.3. The molecule has 1 aliphatic rings. The Morgan fingerprint density at radius 3 is 2.88 bits per heavy atom. The molecular weight excluding hydrogens is 228 g/mol. The van der Waals surface area contributed by atoms with E-state index in [-0.39, 0.29) is 30.2 Å². The van der Waals surface area contributed by atoms with E-state index in [4.69, 9.17) is 10.8 Å². The Kier molecular flexibility index (Phi) is 5.62. The van der Waals surface area contributed by atoms with Crippen molar-refractivity contribution in [2.45, 2.75) is 25.3 Å². The molecule has 5 nitrogen and oxygen atoms in total. The normalized spacial score (nSPS) is 20.1. The van der Waals surface area contributed by atoms with Crippen molar-refractivity contribution < 1.29 is 14.7 Å². The second kappa shape index (κ2) is 6.75. The highest BCUT2D eigenvalue weighted by Crippen LogP contribution is 2.18. The van der Waals surface area contributed by atoms with Crippen LogP contribution in [0.15, 0.2) is 0 Å². The number of aliphatic hydroxyl groups is 1. The van der Waals surface area contributed by atoms with E-state index in [1.165, 1.54) is 11.8 Å². The average molecular weight is 246 g/mol. The minimum atomic E-state index is -0.355. The molecule has 0 aliphatic carbocycles. The minimum absolute atomic E-state index is 0.00589. The number of nitrogens with zero attached hydrogens (tertiary/aromatic N) is 1. The van der Waals surface area contributed by atoms with Gasteiger partial charge in [0.1, 0.15) is 0 Å². The van der Waals surface area contributed by atoms with Crippen LogP contribution in [0, 0.1) is 0 Å². The van der Waals surface area contributed by atoms with Crippen LogP contribution >= 0.6 is 11.8 Å². The van der Waals surface area contributed by atoms with Gasteiger partial charge in [0.2, 0.25) is 11.8 Å². The largest absolute Gasteiger partial charge is 0.394 e. The van der Waals surface area contributed by atoms with Crippen LogP contribution < -0.4 is 5.73 Å². The topological polar surface area (TPSA) is 83.6 Å². The number of aliphatic hydroxyl groups excluding tert-OH is 1. The van der Waals surface area contributed by atoms with Crippen molar-refractivity contribution in [1.29, 1.82) is 0 Å². The first-order valence-corrected chi connectivity index (χ1v) is 6.57. The molecule has 1 saturated heterocycles. The van der Waals surface area contributed by atoms with E-state index in [2.05, 4.69) is 0 Å². The molecule has 1 heterocycles. The highest BCUT2D eigenvalue weighted by Gasteiger charge is 2.27. The van der Waals surface area contributed by atoms with Gasteiger partial charge in [-0.25, -0.2) is 0 Å². The standard InChI is InChI=1S/C10H18N2O3S/c11-9(14)7-16-5-3-10(15)12-4-1-2-8(12)6-13/h8,13H,1-7H2,(H2,11,14)/t8-/m1/s1. The summed E-state index contributed by atoms with van der Waals surface area (Å²) in [5, 5.41) is 9.07. The summed E-state index contributed by atoms with van der Waals surface area (Å²) in [4.78, 5) is 24.0. The number of nitrogens with two attached hydrogens (primary N) is 1. The molecule has 2 amide bonds. The third-order valence-corrected chi connectivity index (χ3v) is 3.59. The zero-order chi connectivity index (χ0) is 12.0. The van der Waals surface area contributed by atoms with Gasteiger partial charge in [0.05, 0.1) is 18.4 Å². The van der Waals surface area contributed by atoms with Crippen LogP contribution in [0.4, 0.5) is 0 Å². The van der Waals surface area contributed by atoms with Crippen LogP contribution in [0.1, 0.15) is 19.3 Å². The lowest BCUT2D eigenvalue weighted by Gasteiger charge is -2.22. The summed E-state index contributed by atoms with van der Waals surface area (Å²) in [6.45, 7) is 0.782. The van der Waals surface area contributed by atoms with Crippen LogP contribution in [0.5, 0.6) is 0 Å². The molecule has 0 spiro atoms. The monoisotopic (exact) mass is 246 g/mol. The zero-order valence-electron chi connectivity index (χ0n) is 9.22. The molecule has 0 saturated carbocycles. The molecule has 0 aromatic carbocycles. The predicted octanol–water partition coefficient (Wildman–Crippen LogP) is -0.422. The summed E-state index contributed by atoms with van der Waals surface area (Å²) in [6, 6.07) is -0.00589. The van der Waals surface area contributed by atoms with Crippen LogP contribution in [0.3, 0.4) is 0 Å². The van der Waals surface area contributed by atoms with Crippen LogP contribution in [-0.2, 0) is 9.59 Å². The summed E-state index contributed by atoms with van der Waals surface area (Å²) >= 11 is 1.37. The Hall–Kier alpha value is -0.750. The van der Waals surface area contributed by atoms with Crippen molar-refractivity contribution in [2.75, 3.05) is 24.7 Å². The van der Waals surface area contributed by atoms with Crippen LogP contribution in [0.2, 0.25) is 0 Å². The molecule has 3 N–H and O–H groups in total. The fourth-order valence-electron chi connectivity index (χ4n) is 1.83. The maximum absolute atomic E-state index is 11.7. The molecule has 0 radical (unpaired) electrons. The minimum Gasteiger partial charge on any atom is -0.394 e. The van der Waals surface area contributed by atoms with Gasteiger partial charge in [-0.3, -0.25) is 9.59 Å². The van der Waals surface area contributed by atoms with Crippen molar-refractivity contribution in [3.63, 3.8) is 0 Å². The quantitative estimate of drug-likeness (QED) is 0.623. The number of carbonyl (C=O) groups excluding carboxylic acids is 2. The summed E-state index contributed by atoms with van der Waals surface area (Å²) in [5.74, 6) is 0.577. The van der Waals surface area contributed by atoms with Crippen LogP contribution in [-0.4, -0.2) is 52.5 Å². The van der Waals surface area contributed by atoms with Gasteiger partial charge in [0.15, 0.2) is 0 Å². The Bertz CT molecular complexity index is 260. The number of likely N-dealkylation sites (tertiary alicyclic amines) is 1. The summed E-state index contributed by atoms with van der Waals surface area (Å²) in [7, 11) is 0. The van der Waals surface area contributed by atoms with E-state index < -0.39 is 0 Å². The molecule has 0 aromatic heterocycles. The Balaban J connectivity index is 2.21. The Morgan fingerprint density at radius 1 is 1.50 bits per heavy atom. The predicted molar refractivity (Wildman–Crippen MR) is 63.0 cm³/mol. The molecule has 0 bridgehead atoms. The van der Waals surface area contributed by atoms with Gasteiger partial charge in [-0.15, -0.1) is 0 Å². The van der Waals surface area contributed by atoms with Gasteiger partial charge in [-0.05, 0) is 12.8 Å². The number of primary amides is 1. The molecule has 1 rings (SSSR count). The first-order chi connectivity index (χ1) is 7.65. The van der Waals surface area contributed by atoms with Gasteiger partial charge in [-0.1, -0.05) is 0 Å². The fraction of sp³-hybridized carbons (Fsp3) is 0.800. The van der Waals surface area contributed by atoms with E-state index in [1.54, 1.807) is 4.90 Å². The molecule has 0 unspecified atom stereocenters. The second-order valence-corrected chi connectivity index (χ2v) is 4.94. The van der Waals surface area contributed by atoms with Gasteiger partial charge >= 0.3 is 0 Å². The van der Waals surface area contributed by atoms with Crippen molar-refractivity contribution >= 4 is 23.6 Å². The lowest BCUT2D eigenvalue weighted by Crippen LogP contribution is -2.37. The maximum atomic E-state index is 11.7. The molecule has 1 atom stereocenters. The van der Waals surface area contributed by atoms with E-state index >= 15 is 0 Å². The molecule has 6 heteroatoms. The highest BCUT2D eigenvalue weighted by molar-refractivity contribution is 7.99. The van der Waals surface area contributed by atoms with Crippen molar-refractivity contribution in [1.82, 2.24) is 4.90 Å². The number of amides is 2. The van der Waals surface area contributed by atoms with Gasteiger partial charge in [0.25, 0.3) is 0 Å². The van der Waals surface area contributed by atoms with E-state index in [0.717, 1.165) is 19.4 Å². The number of thioether (sulfide) groups is 1. The molecule has 1 fully saturated rings. The van der Waals surface area contributed by atoms with Gasteiger partial charge in [-0.2, -0.15) is 11.8 Å². The van der Waals surface area contributed by atoms with Crippen molar-refractivity contribution in [3.05, 3.63) is 0 Å². The second-order valence-electron chi connectivity index (χ2n) is 3.83. The number of hydrogen-bond acceptors (Lipinski definition) is 4. The van der Waals surface area contributed by atoms with E-state index in [9.17, 15) is 9.59 Å². The lowest BCUT2D eigenvalue weighted by atomic mass is 10.2. The number of carbonyl (C=O) groups is 2. The summed E-state index contributed by atoms with van der Waals surface area (Å²) < 4.78 is 0. The fourth-order valence-corrected chi connectivity index (χ4v) is 2.49. The Labute approximate surface area is 99.4 Å². The SMILES string of the molecule is NC(=O)CSCCC(=O)N1CCC[C@@H]1CO. The molecule has 16 heavy (non-hydrogen) atoms. The third kappa shape index (κ3) is 4.02. The van der Waals surface area contributed by atoms with Gasteiger partial charge < -0.3 is 15.7 Å². The molecule has 92 valence electrons. The smallest absolute Gasteiger partial charge is 0.227 e. The van der Waals surface area contributed by atoms with E-state index in [1.807, 2.05) is 0 Å². The first-order valence-electron chi connectivity index (χ1n) is 5.41. The summed E-state index contributed by atoms with van der Waals surface area (Å²) in [5.41, 5.74) is 4.99. The Morgan fingerprint density at radius 2 is 2.25 bits per heavy atom. The average Bonchev–Trinajstić information content (AvgIpc) is 2.71. The zero-order valence-corrected chi connectivity index (χ0v) is 10.0. The van der Waals surface area contributed by atoms with Crippen molar-refractivity contribution in [3.8, 4) is 0 Å². The number of rotatable bonds is 6. The van der Waals surface area contributed by atoms with E-state index in [0.29, 0.717) is 12.2 Å². The third-order valence-electron chi connectivity index (χ3n) is 2.61. The van der Waals surface area contributed by atoms with Crippen molar-refractivity contribution in [2.24, 2.45) is 5.73 Å². The molecule has 0 aromatic rings. The summed E-state index contributed by atoms with van der Waals surface area (Å²) in [6.07, 6.45) is 2.26. The lowest BCUT2D eigenvalue weighted by molar-refractivity contribution is -0.132. The number of hydrogen-bond donors (Lipinski definition) is 2.